The summed E-state index contributed by atoms with van der Waals surface area (Å²) in [4.78, 5) is 31.7. The van der Waals surface area contributed by atoms with Gasteiger partial charge in [0, 0.05) is 16.3 Å². The van der Waals surface area contributed by atoms with E-state index in [0.717, 1.165) is 24.1 Å². The highest BCUT2D eigenvalue weighted by Crippen LogP contribution is 2.71. The van der Waals surface area contributed by atoms with Crippen LogP contribution in [0, 0.1) is 23.2 Å². The molecule has 2 saturated carbocycles. The zero-order chi connectivity index (χ0) is 24.0. The van der Waals surface area contributed by atoms with E-state index in [1.54, 1.807) is 25.3 Å². The summed E-state index contributed by atoms with van der Waals surface area (Å²) < 4.78 is 6.10. The largest absolute Gasteiger partial charge is 0.495 e. The molecular weight excluding hydrogens is 484 g/mol. The Morgan fingerprint density at radius 1 is 1.09 bits per heavy atom. The SMILES string of the molecule is COc1ccc(C)cc1NC(=O)C12CCC(C)(C(=NOC(=O)c3ccccc3Br)C1)C2(C)C. The Morgan fingerprint density at radius 3 is 2.52 bits per heavy atom. The van der Waals surface area contributed by atoms with E-state index < -0.39 is 11.4 Å². The van der Waals surface area contributed by atoms with E-state index in [1.807, 2.05) is 31.2 Å². The van der Waals surface area contributed by atoms with Crippen LogP contribution in [-0.4, -0.2) is 24.7 Å². The molecule has 4 rings (SSSR count). The molecule has 33 heavy (non-hydrogen) atoms. The lowest BCUT2D eigenvalue weighted by molar-refractivity contribution is -0.130. The number of anilines is 1. The van der Waals surface area contributed by atoms with Gasteiger partial charge in [0.25, 0.3) is 0 Å². The van der Waals surface area contributed by atoms with E-state index in [-0.39, 0.29) is 16.7 Å². The first-order valence-corrected chi connectivity index (χ1v) is 11.8. The highest BCUT2D eigenvalue weighted by molar-refractivity contribution is 9.10. The minimum absolute atomic E-state index is 0.0533. The van der Waals surface area contributed by atoms with E-state index in [9.17, 15) is 9.59 Å². The Hall–Kier alpha value is -2.67. The lowest BCUT2D eigenvalue weighted by Crippen LogP contribution is -2.43. The normalized spacial score (nSPS) is 26.3. The summed E-state index contributed by atoms with van der Waals surface area (Å²) in [5, 5.41) is 7.44. The number of aryl methyl sites for hydroxylation is 1. The van der Waals surface area contributed by atoms with Crippen LogP contribution in [-0.2, 0) is 9.63 Å². The number of nitrogens with one attached hydrogen (secondary N) is 1. The zero-order valence-electron chi connectivity index (χ0n) is 19.6. The molecule has 0 radical (unpaired) electrons. The number of ether oxygens (including phenoxy) is 1. The standard InChI is InChI=1S/C26H29BrN2O4/c1-16-10-11-20(32-5)19(14-16)28-23(31)26-13-12-25(4,24(26,2)3)21(15-26)29-33-22(30)17-8-6-7-9-18(17)27/h6-11,14H,12-13,15H2,1-5H3,(H,28,31). The van der Waals surface area contributed by atoms with E-state index >= 15 is 0 Å². The van der Waals surface area contributed by atoms with Crippen molar-refractivity contribution < 1.29 is 19.2 Å². The van der Waals surface area contributed by atoms with Gasteiger partial charge in [0.2, 0.25) is 5.91 Å². The van der Waals surface area contributed by atoms with Crippen LogP contribution in [0.2, 0.25) is 0 Å². The van der Waals surface area contributed by atoms with Gasteiger partial charge in [-0.2, -0.15) is 0 Å². The van der Waals surface area contributed by atoms with Crippen molar-refractivity contribution in [3.05, 3.63) is 58.1 Å². The van der Waals surface area contributed by atoms with Crippen LogP contribution >= 0.6 is 15.9 Å². The Kier molecular flexibility index (Phi) is 5.89. The quantitative estimate of drug-likeness (QED) is 0.385. The molecule has 1 amide bonds. The number of halogens is 1. The second-order valence-corrected chi connectivity index (χ2v) is 10.6. The Morgan fingerprint density at radius 2 is 1.82 bits per heavy atom. The van der Waals surface area contributed by atoms with Crippen molar-refractivity contribution in [1.82, 2.24) is 0 Å². The number of methoxy groups -OCH3 is 1. The number of carbonyl (C=O) groups is 2. The van der Waals surface area contributed by atoms with Crippen LogP contribution in [0.1, 0.15) is 56.0 Å². The molecule has 0 aliphatic heterocycles. The van der Waals surface area contributed by atoms with Crippen LogP contribution in [0.4, 0.5) is 5.69 Å². The van der Waals surface area contributed by atoms with Gasteiger partial charge in [0.05, 0.1) is 29.5 Å². The Labute approximate surface area is 202 Å². The average Bonchev–Trinajstić information content (AvgIpc) is 3.08. The molecule has 2 atom stereocenters. The van der Waals surface area contributed by atoms with E-state index in [1.165, 1.54) is 0 Å². The van der Waals surface area contributed by atoms with Gasteiger partial charge in [-0.05, 0) is 70.9 Å². The third kappa shape index (κ3) is 3.57. The minimum Gasteiger partial charge on any atom is -0.495 e. The maximum Gasteiger partial charge on any atom is 0.366 e. The number of rotatable bonds is 5. The molecule has 1 N–H and O–H groups in total. The first kappa shape index (κ1) is 23.5. The Balaban J connectivity index is 1.62. The molecule has 6 nitrogen and oxygen atoms in total. The summed E-state index contributed by atoms with van der Waals surface area (Å²) in [6, 6.07) is 12.8. The lowest BCUT2D eigenvalue weighted by Gasteiger charge is -2.39. The van der Waals surface area contributed by atoms with Crippen LogP contribution in [0.5, 0.6) is 5.75 Å². The molecule has 0 saturated heterocycles. The summed E-state index contributed by atoms with van der Waals surface area (Å²) in [6.07, 6.45) is 1.98. The molecule has 2 unspecified atom stereocenters. The molecule has 2 bridgehead atoms. The summed E-state index contributed by atoms with van der Waals surface area (Å²) in [5.41, 5.74) is 1.47. The van der Waals surface area contributed by atoms with Crippen LogP contribution in [0.3, 0.4) is 0 Å². The number of oxime groups is 1. The summed E-state index contributed by atoms with van der Waals surface area (Å²) in [6.45, 7) is 8.33. The van der Waals surface area contributed by atoms with Gasteiger partial charge in [0.1, 0.15) is 5.75 Å². The predicted molar refractivity (Wildman–Crippen MR) is 132 cm³/mol. The molecule has 2 aromatic rings. The van der Waals surface area contributed by atoms with Gasteiger partial charge in [-0.1, -0.05) is 44.1 Å². The van der Waals surface area contributed by atoms with Crippen LogP contribution in [0.15, 0.2) is 52.1 Å². The molecule has 2 aliphatic carbocycles. The van der Waals surface area contributed by atoms with Gasteiger partial charge < -0.3 is 14.9 Å². The van der Waals surface area contributed by atoms with Crippen molar-refractivity contribution in [2.45, 2.75) is 47.0 Å². The first-order chi connectivity index (χ1) is 15.6. The number of benzene rings is 2. The molecule has 7 heteroatoms. The average molecular weight is 513 g/mol. The third-order valence-corrected chi connectivity index (χ3v) is 8.80. The lowest BCUT2D eigenvalue weighted by atomic mass is 9.64. The minimum atomic E-state index is -0.658. The molecule has 0 heterocycles. The molecule has 2 aliphatic rings. The van der Waals surface area contributed by atoms with E-state index in [4.69, 9.17) is 9.57 Å². The number of hydrogen-bond donors (Lipinski definition) is 1. The fourth-order valence-electron chi connectivity index (χ4n) is 5.46. The monoisotopic (exact) mass is 512 g/mol. The topological polar surface area (TPSA) is 77.0 Å². The van der Waals surface area contributed by atoms with Gasteiger partial charge in [0.15, 0.2) is 0 Å². The maximum absolute atomic E-state index is 13.7. The van der Waals surface area contributed by atoms with Gasteiger partial charge in [-0.15, -0.1) is 0 Å². The molecule has 0 aromatic heterocycles. The number of hydrogen-bond acceptors (Lipinski definition) is 5. The zero-order valence-corrected chi connectivity index (χ0v) is 21.2. The third-order valence-electron chi connectivity index (χ3n) is 8.10. The summed E-state index contributed by atoms with van der Waals surface area (Å²) >= 11 is 3.38. The molecule has 2 aromatic carbocycles. The fraction of sp³-hybridized carbons (Fsp3) is 0.423. The van der Waals surface area contributed by atoms with Gasteiger partial charge in [-0.3, -0.25) is 4.79 Å². The van der Waals surface area contributed by atoms with E-state index in [0.29, 0.717) is 27.9 Å². The molecule has 0 spiro atoms. The number of carbonyl (C=O) groups excluding carboxylic acids is 2. The molecule has 174 valence electrons. The van der Waals surface area contributed by atoms with Gasteiger partial charge >= 0.3 is 5.97 Å². The van der Waals surface area contributed by atoms with Gasteiger partial charge in [-0.25, -0.2) is 4.79 Å². The highest BCUT2D eigenvalue weighted by atomic mass is 79.9. The van der Waals surface area contributed by atoms with Crippen molar-refractivity contribution in [3.63, 3.8) is 0 Å². The smallest absolute Gasteiger partial charge is 0.366 e. The fourth-order valence-corrected chi connectivity index (χ4v) is 5.90. The predicted octanol–water partition coefficient (Wildman–Crippen LogP) is 6.13. The van der Waals surface area contributed by atoms with E-state index in [2.05, 4.69) is 47.2 Å². The second kappa shape index (κ2) is 8.28. The Bertz CT molecular complexity index is 1160. The first-order valence-electron chi connectivity index (χ1n) is 11.0. The van der Waals surface area contributed by atoms with Crippen LogP contribution in [0.25, 0.3) is 0 Å². The van der Waals surface area contributed by atoms with Crippen molar-refractivity contribution in [2.24, 2.45) is 21.4 Å². The summed E-state index contributed by atoms with van der Waals surface area (Å²) in [7, 11) is 1.59. The van der Waals surface area contributed by atoms with Crippen LogP contribution < -0.4 is 10.1 Å². The maximum atomic E-state index is 13.7. The van der Waals surface area contributed by atoms with Crippen molar-refractivity contribution in [2.75, 3.05) is 12.4 Å². The second-order valence-electron chi connectivity index (χ2n) is 9.77. The number of amides is 1. The summed E-state index contributed by atoms with van der Waals surface area (Å²) in [5.74, 6) is 0.0442. The molecular formula is C26H29BrN2O4. The number of fused-ring (bicyclic) bond motifs is 2. The molecule has 2 fully saturated rings. The van der Waals surface area contributed by atoms with Crippen molar-refractivity contribution in [1.29, 1.82) is 0 Å². The van der Waals surface area contributed by atoms with Crippen molar-refractivity contribution in [3.8, 4) is 5.75 Å². The number of nitrogens with zero attached hydrogens (tertiary/aromatic N) is 1. The highest BCUT2D eigenvalue weighted by Gasteiger charge is 2.71. The van der Waals surface area contributed by atoms with Crippen molar-refractivity contribution >= 4 is 39.2 Å².